The number of aromatic nitrogens is 3. The second kappa shape index (κ2) is 4.55. The SMILES string of the molecule is COc1nnc(C)c(/C=C/N(C)C)n1. The van der Waals surface area contributed by atoms with Crippen molar-refractivity contribution in [1.82, 2.24) is 20.1 Å². The molecule has 1 aromatic rings. The highest BCUT2D eigenvalue weighted by molar-refractivity contribution is 5.46. The molecule has 5 nitrogen and oxygen atoms in total. The van der Waals surface area contributed by atoms with Gasteiger partial charge >= 0.3 is 6.01 Å². The summed E-state index contributed by atoms with van der Waals surface area (Å²) in [7, 11) is 5.40. The van der Waals surface area contributed by atoms with Gasteiger partial charge in [-0.15, -0.1) is 5.10 Å². The highest BCUT2D eigenvalue weighted by Gasteiger charge is 2.01. The molecule has 0 fully saturated rings. The molecule has 0 saturated heterocycles. The number of hydrogen-bond donors (Lipinski definition) is 0. The summed E-state index contributed by atoms with van der Waals surface area (Å²) >= 11 is 0. The number of methoxy groups -OCH3 is 1. The molecule has 1 heterocycles. The third-order valence-electron chi connectivity index (χ3n) is 1.59. The van der Waals surface area contributed by atoms with E-state index in [1.54, 1.807) is 0 Å². The molecule has 0 spiro atoms. The van der Waals surface area contributed by atoms with Gasteiger partial charge in [0.05, 0.1) is 18.5 Å². The molecule has 1 rings (SSSR count). The van der Waals surface area contributed by atoms with Gasteiger partial charge in [-0.1, -0.05) is 5.10 Å². The van der Waals surface area contributed by atoms with Gasteiger partial charge in [0.25, 0.3) is 0 Å². The largest absolute Gasteiger partial charge is 0.466 e. The zero-order valence-electron chi connectivity index (χ0n) is 8.85. The third-order valence-corrected chi connectivity index (χ3v) is 1.59. The van der Waals surface area contributed by atoms with E-state index in [1.807, 2.05) is 38.2 Å². The lowest BCUT2D eigenvalue weighted by atomic mass is 10.3. The molecule has 0 radical (unpaired) electrons. The Morgan fingerprint density at radius 2 is 2.00 bits per heavy atom. The second-order valence-electron chi connectivity index (χ2n) is 3.05. The highest BCUT2D eigenvalue weighted by Crippen LogP contribution is 2.07. The first-order valence-electron chi connectivity index (χ1n) is 4.23. The summed E-state index contributed by atoms with van der Waals surface area (Å²) in [6, 6.07) is 0.286. The van der Waals surface area contributed by atoms with Crippen molar-refractivity contribution < 1.29 is 4.74 Å². The van der Waals surface area contributed by atoms with E-state index in [-0.39, 0.29) is 6.01 Å². The van der Waals surface area contributed by atoms with Gasteiger partial charge in [-0.3, -0.25) is 0 Å². The van der Waals surface area contributed by atoms with Gasteiger partial charge in [0, 0.05) is 20.3 Å². The van der Waals surface area contributed by atoms with Gasteiger partial charge in [-0.05, 0) is 13.0 Å². The summed E-state index contributed by atoms with van der Waals surface area (Å²) in [5.41, 5.74) is 1.55. The van der Waals surface area contributed by atoms with E-state index in [2.05, 4.69) is 15.2 Å². The smallest absolute Gasteiger partial charge is 0.335 e. The summed E-state index contributed by atoms with van der Waals surface area (Å²) in [5.74, 6) is 0. The van der Waals surface area contributed by atoms with Crippen LogP contribution in [-0.4, -0.2) is 41.3 Å². The lowest BCUT2D eigenvalue weighted by molar-refractivity contribution is 0.372. The number of nitrogens with zero attached hydrogens (tertiary/aromatic N) is 4. The van der Waals surface area contributed by atoms with Crippen LogP contribution in [0.5, 0.6) is 6.01 Å². The van der Waals surface area contributed by atoms with E-state index >= 15 is 0 Å². The van der Waals surface area contributed by atoms with Crippen molar-refractivity contribution in [1.29, 1.82) is 0 Å². The Bertz CT molecular complexity index is 336. The maximum atomic E-state index is 4.88. The fourth-order valence-corrected chi connectivity index (χ4v) is 0.839. The van der Waals surface area contributed by atoms with Gasteiger partial charge in [0.2, 0.25) is 0 Å². The molecule has 0 aromatic carbocycles. The number of ether oxygens (including phenoxy) is 1. The van der Waals surface area contributed by atoms with Crippen molar-refractivity contribution in [3.63, 3.8) is 0 Å². The van der Waals surface area contributed by atoms with Gasteiger partial charge in [-0.2, -0.15) is 4.98 Å². The molecule has 1 aromatic heterocycles. The van der Waals surface area contributed by atoms with E-state index in [0.29, 0.717) is 0 Å². The molecule has 0 N–H and O–H groups in total. The number of aryl methyl sites for hydroxylation is 1. The van der Waals surface area contributed by atoms with E-state index in [0.717, 1.165) is 11.4 Å². The molecule has 0 amide bonds. The van der Waals surface area contributed by atoms with E-state index < -0.39 is 0 Å². The lowest BCUT2D eigenvalue weighted by Crippen LogP contribution is -2.02. The van der Waals surface area contributed by atoms with E-state index in [1.165, 1.54) is 7.11 Å². The summed E-state index contributed by atoms with van der Waals surface area (Å²) in [5, 5.41) is 7.67. The fraction of sp³-hybridized carbons (Fsp3) is 0.444. The molecule has 0 aliphatic rings. The predicted octanol–water partition coefficient (Wildman–Crippen LogP) is 0.721. The maximum absolute atomic E-state index is 4.88. The first-order valence-corrected chi connectivity index (χ1v) is 4.23. The van der Waals surface area contributed by atoms with Crippen LogP contribution < -0.4 is 4.74 Å². The van der Waals surface area contributed by atoms with Crippen LogP contribution in [0.15, 0.2) is 6.20 Å². The van der Waals surface area contributed by atoms with Crippen molar-refractivity contribution in [2.75, 3.05) is 21.2 Å². The molecule has 0 aliphatic carbocycles. The van der Waals surface area contributed by atoms with Crippen LogP contribution >= 0.6 is 0 Å². The minimum absolute atomic E-state index is 0.286. The van der Waals surface area contributed by atoms with Crippen molar-refractivity contribution >= 4 is 6.08 Å². The Hall–Kier alpha value is -1.65. The first-order chi connectivity index (χ1) is 6.63. The average Bonchev–Trinajstić information content (AvgIpc) is 2.16. The highest BCUT2D eigenvalue weighted by atomic mass is 16.5. The molecule has 0 bridgehead atoms. The zero-order valence-corrected chi connectivity index (χ0v) is 8.85. The van der Waals surface area contributed by atoms with Gasteiger partial charge < -0.3 is 9.64 Å². The molecule has 0 saturated carbocycles. The number of hydrogen-bond acceptors (Lipinski definition) is 5. The molecular formula is C9H14N4O. The lowest BCUT2D eigenvalue weighted by Gasteiger charge is -2.04. The molecule has 76 valence electrons. The van der Waals surface area contributed by atoms with Crippen molar-refractivity contribution in [3.05, 3.63) is 17.6 Å². The van der Waals surface area contributed by atoms with Crippen LogP contribution in [0.3, 0.4) is 0 Å². The minimum atomic E-state index is 0.286. The van der Waals surface area contributed by atoms with Crippen LogP contribution in [0.2, 0.25) is 0 Å². The summed E-state index contributed by atoms with van der Waals surface area (Å²) in [6.45, 7) is 1.86. The summed E-state index contributed by atoms with van der Waals surface area (Å²) in [6.07, 6.45) is 3.77. The normalized spacial score (nSPS) is 10.6. The number of rotatable bonds is 3. The monoisotopic (exact) mass is 194 g/mol. The summed E-state index contributed by atoms with van der Waals surface area (Å²) < 4.78 is 4.88. The van der Waals surface area contributed by atoms with Crippen molar-refractivity contribution in [2.45, 2.75) is 6.92 Å². The standard InChI is InChI=1S/C9H14N4O/c1-7-8(5-6-13(2)3)10-9(14-4)12-11-7/h5-6H,1-4H3/b6-5+. The quantitative estimate of drug-likeness (QED) is 0.709. The van der Waals surface area contributed by atoms with Gasteiger partial charge in [0.15, 0.2) is 0 Å². The molecule has 14 heavy (non-hydrogen) atoms. The minimum Gasteiger partial charge on any atom is -0.466 e. The zero-order chi connectivity index (χ0) is 10.6. The van der Waals surface area contributed by atoms with Gasteiger partial charge in [-0.25, -0.2) is 0 Å². The Balaban J connectivity index is 2.94. The molecule has 0 unspecified atom stereocenters. The van der Waals surface area contributed by atoms with Crippen LogP contribution in [0.4, 0.5) is 0 Å². The molecular weight excluding hydrogens is 180 g/mol. The third kappa shape index (κ3) is 2.69. The Kier molecular flexibility index (Phi) is 3.39. The molecule has 0 aliphatic heterocycles. The van der Waals surface area contributed by atoms with Crippen LogP contribution in [0.1, 0.15) is 11.4 Å². The maximum Gasteiger partial charge on any atom is 0.335 e. The Labute approximate surface area is 83.4 Å². The van der Waals surface area contributed by atoms with Crippen molar-refractivity contribution in [2.24, 2.45) is 0 Å². The predicted molar refractivity (Wildman–Crippen MR) is 53.8 cm³/mol. The van der Waals surface area contributed by atoms with Gasteiger partial charge in [0.1, 0.15) is 0 Å². The Morgan fingerprint density at radius 1 is 1.29 bits per heavy atom. The fourth-order valence-electron chi connectivity index (χ4n) is 0.839. The topological polar surface area (TPSA) is 51.1 Å². The van der Waals surface area contributed by atoms with Crippen molar-refractivity contribution in [3.8, 4) is 6.01 Å². The first kappa shape index (κ1) is 10.4. The van der Waals surface area contributed by atoms with Crippen LogP contribution in [-0.2, 0) is 0 Å². The molecule has 0 atom stereocenters. The molecule has 5 heteroatoms. The van der Waals surface area contributed by atoms with Crippen LogP contribution in [0, 0.1) is 6.92 Å². The summed E-state index contributed by atoms with van der Waals surface area (Å²) in [4.78, 5) is 6.08. The van der Waals surface area contributed by atoms with Crippen LogP contribution in [0.25, 0.3) is 6.08 Å². The average molecular weight is 194 g/mol. The second-order valence-corrected chi connectivity index (χ2v) is 3.05. The Morgan fingerprint density at radius 3 is 2.57 bits per heavy atom. The van der Waals surface area contributed by atoms with E-state index in [4.69, 9.17) is 4.74 Å². The van der Waals surface area contributed by atoms with E-state index in [9.17, 15) is 0 Å².